The van der Waals surface area contributed by atoms with Gasteiger partial charge in [-0.05, 0) is 30.5 Å². The lowest BCUT2D eigenvalue weighted by Gasteiger charge is -2.35. The fraction of sp³-hybridized carbons (Fsp3) is 0.250. The summed E-state index contributed by atoms with van der Waals surface area (Å²) in [5.74, 6) is 6.73. The Morgan fingerprint density at radius 3 is 2.62 bits per heavy atom. The number of hydrogen-bond acceptors (Lipinski definition) is 5. The molecule has 6 heteroatoms. The number of nitrogens with zero attached hydrogens (tertiary/aromatic N) is 4. The van der Waals surface area contributed by atoms with Crippen LogP contribution in [0.3, 0.4) is 0 Å². The topological polar surface area (TPSA) is 62.5 Å². The molecule has 0 spiro atoms. The Hall–Kier alpha value is -3.33. The molecule has 0 bridgehead atoms. The molecule has 2 aromatic rings. The molecule has 0 radical (unpaired) electrons. The first kappa shape index (κ1) is 17.5. The minimum absolute atomic E-state index is 0.0409. The first-order valence-corrected chi connectivity index (χ1v) is 8.42. The van der Waals surface area contributed by atoms with Crippen molar-refractivity contribution in [2.24, 2.45) is 0 Å². The molecule has 0 unspecified atom stereocenters. The molecule has 26 heavy (non-hydrogen) atoms. The first-order chi connectivity index (χ1) is 12.6. The highest BCUT2D eigenvalue weighted by atomic mass is 16.6. The van der Waals surface area contributed by atoms with Gasteiger partial charge in [-0.3, -0.25) is 10.1 Å². The number of aryl methyl sites for hydroxylation is 1. The average Bonchev–Trinajstić information content (AvgIpc) is 2.67. The predicted octanol–water partition coefficient (Wildman–Crippen LogP) is 2.99. The van der Waals surface area contributed by atoms with Crippen molar-refractivity contribution in [2.45, 2.75) is 6.92 Å². The zero-order chi connectivity index (χ0) is 18.5. The van der Waals surface area contributed by atoms with Crippen LogP contribution in [0.5, 0.6) is 0 Å². The maximum absolute atomic E-state index is 11.2. The van der Waals surface area contributed by atoms with Crippen LogP contribution in [0.15, 0.2) is 54.9 Å². The van der Waals surface area contributed by atoms with Gasteiger partial charge >= 0.3 is 5.69 Å². The number of rotatable bonds is 3. The van der Waals surface area contributed by atoms with Gasteiger partial charge in [0.2, 0.25) is 5.82 Å². The van der Waals surface area contributed by atoms with Crippen molar-refractivity contribution in [1.29, 1.82) is 0 Å². The van der Waals surface area contributed by atoms with Crippen LogP contribution in [0.25, 0.3) is 0 Å². The Kier molecular flexibility index (Phi) is 5.18. The van der Waals surface area contributed by atoms with Gasteiger partial charge in [0.15, 0.2) is 0 Å². The Morgan fingerprint density at radius 1 is 1.19 bits per heavy atom. The SMILES string of the molecule is C=C(C#Cc1ccccc1C)N1CCN(c2ncccc2[N+](=O)[O-])CC1. The van der Waals surface area contributed by atoms with E-state index in [1.807, 2.05) is 36.1 Å². The lowest BCUT2D eigenvalue weighted by Crippen LogP contribution is -2.46. The highest BCUT2D eigenvalue weighted by Gasteiger charge is 2.24. The number of allylic oxidation sites excluding steroid dienone is 1. The third-order valence-corrected chi connectivity index (χ3v) is 4.41. The summed E-state index contributed by atoms with van der Waals surface area (Å²) in [5, 5.41) is 11.2. The molecule has 0 amide bonds. The molecule has 0 N–H and O–H groups in total. The van der Waals surface area contributed by atoms with Gasteiger partial charge in [-0.2, -0.15) is 0 Å². The molecule has 1 saturated heterocycles. The van der Waals surface area contributed by atoms with E-state index in [0.29, 0.717) is 32.0 Å². The Morgan fingerprint density at radius 2 is 1.92 bits per heavy atom. The van der Waals surface area contributed by atoms with E-state index >= 15 is 0 Å². The number of pyridine rings is 1. The zero-order valence-electron chi connectivity index (χ0n) is 14.7. The van der Waals surface area contributed by atoms with Gasteiger partial charge in [0.05, 0.1) is 10.6 Å². The Labute approximate surface area is 152 Å². The second-order valence-corrected chi connectivity index (χ2v) is 6.09. The number of benzene rings is 1. The standard InChI is InChI=1S/C20H20N4O2/c1-16-6-3-4-7-18(16)10-9-17(2)22-12-14-23(15-13-22)20-19(24(25)26)8-5-11-21-20/h3-8,11H,2,12-15H2,1H3. The molecule has 0 atom stereocenters. The fourth-order valence-corrected chi connectivity index (χ4v) is 2.89. The maximum atomic E-state index is 11.2. The summed E-state index contributed by atoms with van der Waals surface area (Å²) >= 11 is 0. The average molecular weight is 348 g/mol. The van der Waals surface area contributed by atoms with E-state index in [9.17, 15) is 10.1 Å². The quantitative estimate of drug-likeness (QED) is 0.485. The summed E-state index contributed by atoms with van der Waals surface area (Å²) < 4.78 is 0. The van der Waals surface area contributed by atoms with Gasteiger partial charge in [-0.25, -0.2) is 4.98 Å². The van der Waals surface area contributed by atoms with Crippen LogP contribution in [0.2, 0.25) is 0 Å². The Balaban J connectivity index is 1.65. The molecular weight excluding hydrogens is 328 g/mol. The van der Waals surface area contributed by atoms with Crippen molar-refractivity contribution in [2.75, 3.05) is 31.1 Å². The highest BCUT2D eigenvalue weighted by Crippen LogP contribution is 2.26. The van der Waals surface area contributed by atoms with Crippen molar-refractivity contribution < 1.29 is 4.92 Å². The zero-order valence-corrected chi connectivity index (χ0v) is 14.7. The van der Waals surface area contributed by atoms with E-state index in [1.165, 1.54) is 6.07 Å². The van der Waals surface area contributed by atoms with Gasteiger partial charge in [0.1, 0.15) is 0 Å². The predicted molar refractivity (Wildman–Crippen MR) is 102 cm³/mol. The summed E-state index contributed by atoms with van der Waals surface area (Å²) in [7, 11) is 0. The lowest BCUT2D eigenvalue weighted by molar-refractivity contribution is -0.384. The van der Waals surface area contributed by atoms with E-state index in [1.54, 1.807) is 12.3 Å². The summed E-state index contributed by atoms with van der Waals surface area (Å²) in [6, 6.07) is 11.1. The number of piperazine rings is 1. The van der Waals surface area contributed by atoms with Crippen LogP contribution < -0.4 is 4.90 Å². The minimum atomic E-state index is -0.388. The second-order valence-electron chi connectivity index (χ2n) is 6.09. The monoisotopic (exact) mass is 348 g/mol. The molecule has 6 nitrogen and oxygen atoms in total. The van der Waals surface area contributed by atoms with Gasteiger partial charge in [0.25, 0.3) is 0 Å². The van der Waals surface area contributed by atoms with Crippen molar-refractivity contribution in [3.8, 4) is 11.8 Å². The lowest BCUT2D eigenvalue weighted by atomic mass is 10.1. The second kappa shape index (κ2) is 7.70. The van der Waals surface area contributed by atoms with Crippen LogP contribution in [-0.4, -0.2) is 41.0 Å². The summed E-state index contributed by atoms with van der Waals surface area (Å²) in [6.07, 6.45) is 1.58. The van der Waals surface area contributed by atoms with E-state index in [2.05, 4.69) is 28.3 Å². The molecule has 132 valence electrons. The molecule has 1 fully saturated rings. The number of nitro groups is 1. The molecule has 0 aliphatic carbocycles. The molecule has 2 heterocycles. The largest absolute Gasteiger partial charge is 0.362 e. The molecule has 0 saturated carbocycles. The fourth-order valence-electron chi connectivity index (χ4n) is 2.89. The van der Waals surface area contributed by atoms with Crippen molar-refractivity contribution in [3.63, 3.8) is 0 Å². The van der Waals surface area contributed by atoms with Crippen molar-refractivity contribution in [3.05, 3.63) is 76.1 Å². The molecule has 1 aromatic heterocycles. The first-order valence-electron chi connectivity index (χ1n) is 8.42. The van der Waals surface area contributed by atoms with Crippen LogP contribution in [0, 0.1) is 28.9 Å². The highest BCUT2D eigenvalue weighted by molar-refractivity contribution is 5.57. The maximum Gasteiger partial charge on any atom is 0.311 e. The summed E-state index contributed by atoms with van der Waals surface area (Å²) in [6.45, 7) is 8.80. The Bertz CT molecular complexity index is 890. The van der Waals surface area contributed by atoms with Crippen molar-refractivity contribution >= 4 is 11.5 Å². The van der Waals surface area contributed by atoms with Crippen molar-refractivity contribution in [1.82, 2.24) is 9.88 Å². The number of anilines is 1. The third kappa shape index (κ3) is 3.83. The van der Waals surface area contributed by atoms with Crippen LogP contribution in [-0.2, 0) is 0 Å². The molecule has 1 aliphatic heterocycles. The van der Waals surface area contributed by atoms with E-state index < -0.39 is 0 Å². The third-order valence-electron chi connectivity index (χ3n) is 4.41. The van der Waals surface area contributed by atoms with E-state index in [0.717, 1.165) is 16.8 Å². The van der Waals surface area contributed by atoms with Gasteiger partial charge in [0, 0.05) is 44.0 Å². The minimum Gasteiger partial charge on any atom is -0.362 e. The van der Waals surface area contributed by atoms with Gasteiger partial charge < -0.3 is 9.80 Å². The van der Waals surface area contributed by atoms with Crippen LogP contribution >= 0.6 is 0 Å². The smallest absolute Gasteiger partial charge is 0.311 e. The molecular formula is C20H20N4O2. The molecule has 1 aliphatic rings. The van der Waals surface area contributed by atoms with Gasteiger partial charge in [-0.15, -0.1) is 0 Å². The molecule has 3 rings (SSSR count). The van der Waals surface area contributed by atoms with Gasteiger partial charge in [-0.1, -0.05) is 30.7 Å². The molecule has 1 aromatic carbocycles. The number of aromatic nitrogens is 1. The number of hydrogen-bond donors (Lipinski definition) is 0. The van der Waals surface area contributed by atoms with E-state index in [-0.39, 0.29) is 10.6 Å². The van der Waals surface area contributed by atoms with E-state index in [4.69, 9.17) is 0 Å². The van der Waals surface area contributed by atoms with Crippen LogP contribution in [0.4, 0.5) is 11.5 Å². The summed E-state index contributed by atoms with van der Waals surface area (Å²) in [5.41, 5.74) is 2.94. The van der Waals surface area contributed by atoms with Crippen LogP contribution in [0.1, 0.15) is 11.1 Å². The summed E-state index contributed by atoms with van der Waals surface area (Å²) in [4.78, 5) is 19.0. The normalized spacial score (nSPS) is 13.7.